The number of rotatable bonds is 4. The van der Waals surface area contributed by atoms with Crippen LogP contribution < -0.4 is 0 Å². The lowest BCUT2D eigenvalue weighted by molar-refractivity contribution is -0.154. The highest BCUT2D eigenvalue weighted by Crippen LogP contribution is 2.24. The molecule has 0 aliphatic carbocycles. The van der Waals surface area contributed by atoms with Crippen molar-refractivity contribution in [3.63, 3.8) is 0 Å². The first-order chi connectivity index (χ1) is 7.43. The van der Waals surface area contributed by atoms with Crippen LogP contribution in [0, 0.1) is 12.8 Å². The lowest BCUT2D eigenvalue weighted by Gasteiger charge is -2.10. The molecule has 86 valence electrons. The molecule has 0 radical (unpaired) electrons. The molecule has 3 N–H and O–H groups in total. The predicted octanol–water partition coefficient (Wildman–Crippen LogP) is 1.03. The van der Waals surface area contributed by atoms with Crippen molar-refractivity contribution < 1.29 is 24.9 Å². The van der Waals surface area contributed by atoms with Crippen molar-refractivity contribution in [2.24, 2.45) is 5.92 Å². The summed E-state index contributed by atoms with van der Waals surface area (Å²) >= 11 is 0. The zero-order valence-electron chi connectivity index (χ0n) is 8.67. The minimum Gasteiger partial charge on any atom is -0.507 e. The van der Waals surface area contributed by atoms with Crippen molar-refractivity contribution in [3.05, 3.63) is 29.3 Å². The number of carboxylic acids is 2. The maximum Gasteiger partial charge on any atom is 0.318 e. The van der Waals surface area contributed by atoms with E-state index in [1.807, 2.05) is 0 Å². The van der Waals surface area contributed by atoms with E-state index in [0.717, 1.165) is 0 Å². The van der Waals surface area contributed by atoms with Crippen LogP contribution in [0.1, 0.15) is 11.1 Å². The minimum atomic E-state index is -1.53. The van der Waals surface area contributed by atoms with Crippen molar-refractivity contribution in [2.75, 3.05) is 0 Å². The second-order valence-corrected chi connectivity index (χ2v) is 3.52. The maximum absolute atomic E-state index is 10.7. The number of carboxylic acid groups (broad SMARTS) is 2. The predicted molar refractivity (Wildman–Crippen MR) is 55.3 cm³/mol. The van der Waals surface area contributed by atoms with Crippen LogP contribution in [0.4, 0.5) is 0 Å². The van der Waals surface area contributed by atoms with Gasteiger partial charge in [0.25, 0.3) is 0 Å². The molecule has 16 heavy (non-hydrogen) atoms. The number of aryl methyl sites for hydroxylation is 1. The molecule has 0 saturated carbocycles. The van der Waals surface area contributed by atoms with Crippen LogP contribution in [0.2, 0.25) is 0 Å². The van der Waals surface area contributed by atoms with E-state index in [9.17, 15) is 14.7 Å². The third kappa shape index (κ3) is 2.50. The average Bonchev–Trinajstić information content (AvgIpc) is 2.19. The van der Waals surface area contributed by atoms with Crippen LogP contribution in [0.3, 0.4) is 0 Å². The van der Waals surface area contributed by atoms with E-state index in [1.165, 1.54) is 6.07 Å². The summed E-state index contributed by atoms with van der Waals surface area (Å²) in [5.41, 5.74) is 0.918. The fourth-order valence-electron chi connectivity index (χ4n) is 1.38. The summed E-state index contributed by atoms with van der Waals surface area (Å²) in [5, 5.41) is 27.0. The highest BCUT2D eigenvalue weighted by Gasteiger charge is 2.27. The molecule has 0 unspecified atom stereocenters. The second kappa shape index (κ2) is 4.65. The maximum atomic E-state index is 10.7. The van der Waals surface area contributed by atoms with E-state index in [2.05, 4.69) is 0 Å². The van der Waals surface area contributed by atoms with E-state index in [1.54, 1.807) is 19.1 Å². The summed E-state index contributed by atoms with van der Waals surface area (Å²) in [4.78, 5) is 21.4. The second-order valence-electron chi connectivity index (χ2n) is 3.52. The normalized spacial score (nSPS) is 10.4. The third-order valence-electron chi connectivity index (χ3n) is 2.34. The van der Waals surface area contributed by atoms with Crippen molar-refractivity contribution in [1.82, 2.24) is 0 Å². The first-order valence-electron chi connectivity index (χ1n) is 4.66. The Bertz CT molecular complexity index is 410. The molecular formula is C11H12O5. The molecule has 0 aromatic heterocycles. The molecule has 0 heterocycles. The third-order valence-corrected chi connectivity index (χ3v) is 2.34. The summed E-state index contributed by atoms with van der Waals surface area (Å²) in [5.74, 6) is -4.40. The summed E-state index contributed by atoms with van der Waals surface area (Å²) < 4.78 is 0. The Kier molecular flexibility index (Phi) is 3.50. The van der Waals surface area contributed by atoms with Crippen LogP contribution in [-0.4, -0.2) is 27.3 Å². The molecule has 1 aromatic rings. The number of aliphatic carboxylic acids is 2. The van der Waals surface area contributed by atoms with E-state index in [-0.39, 0.29) is 12.2 Å². The van der Waals surface area contributed by atoms with Gasteiger partial charge in [-0.1, -0.05) is 18.2 Å². The molecule has 1 aromatic carbocycles. The number of phenols is 1. The standard InChI is InChI=1S/C11H12O5/c1-6-3-2-4-7(9(6)12)5-8(10(13)14)11(15)16/h2-4,8,12H,5H2,1H3,(H,13,14)(H,15,16). The Hall–Kier alpha value is -2.04. The Morgan fingerprint density at radius 2 is 1.81 bits per heavy atom. The molecule has 0 spiro atoms. The minimum absolute atomic E-state index is 0.0463. The fraction of sp³-hybridized carbons (Fsp3) is 0.273. The van der Waals surface area contributed by atoms with Crippen molar-refractivity contribution in [3.8, 4) is 5.75 Å². The van der Waals surface area contributed by atoms with Crippen LogP contribution in [0.25, 0.3) is 0 Å². The van der Waals surface area contributed by atoms with E-state index < -0.39 is 17.9 Å². The zero-order chi connectivity index (χ0) is 12.3. The van der Waals surface area contributed by atoms with Gasteiger partial charge in [0, 0.05) is 0 Å². The smallest absolute Gasteiger partial charge is 0.318 e. The van der Waals surface area contributed by atoms with Crippen LogP contribution in [0.5, 0.6) is 5.75 Å². The number of carbonyl (C=O) groups is 2. The Morgan fingerprint density at radius 1 is 1.25 bits per heavy atom. The number of benzene rings is 1. The van der Waals surface area contributed by atoms with E-state index in [4.69, 9.17) is 10.2 Å². The van der Waals surface area contributed by atoms with Gasteiger partial charge in [-0.15, -0.1) is 0 Å². The van der Waals surface area contributed by atoms with Crippen molar-refractivity contribution >= 4 is 11.9 Å². The zero-order valence-corrected chi connectivity index (χ0v) is 8.67. The lowest BCUT2D eigenvalue weighted by Crippen LogP contribution is -2.25. The number of aromatic hydroxyl groups is 1. The first kappa shape index (κ1) is 12.0. The van der Waals surface area contributed by atoms with E-state index >= 15 is 0 Å². The van der Waals surface area contributed by atoms with Gasteiger partial charge in [0.2, 0.25) is 0 Å². The number of para-hydroxylation sites is 1. The molecule has 0 saturated heterocycles. The van der Waals surface area contributed by atoms with Gasteiger partial charge in [0.1, 0.15) is 5.75 Å². The van der Waals surface area contributed by atoms with Gasteiger partial charge in [-0.3, -0.25) is 9.59 Å². The number of hydrogen-bond donors (Lipinski definition) is 3. The molecule has 0 aliphatic rings. The number of hydrogen-bond acceptors (Lipinski definition) is 3. The van der Waals surface area contributed by atoms with Crippen molar-refractivity contribution in [2.45, 2.75) is 13.3 Å². The number of phenolic OH excluding ortho intramolecular Hbond substituents is 1. The SMILES string of the molecule is Cc1cccc(CC(C(=O)O)C(=O)O)c1O. The topological polar surface area (TPSA) is 94.8 Å². The van der Waals surface area contributed by atoms with Gasteiger partial charge in [-0.2, -0.15) is 0 Å². The van der Waals surface area contributed by atoms with Gasteiger partial charge >= 0.3 is 11.9 Å². The molecule has 0 fully saturated rings. The highest BCUT2D eigenvalue weighted by atomic mass is 16.4. The molecule has 0 bridgehead atoms. The van der Waals surface area contributed by atoms with Crippen LogP contribution in [-0.2, 0) is 16.0 Å². The fourth-order valence-corrected chi connectivity index (χ4v) is 1.38. The molecular weight excluding hydrogens is 212 g/mol. The highest BCUT2D eigenvalue weighted by molar-refractivity contribution is 5.93. The Labute approximate surface area is 92.0 Å². The Morgan fingerprint density at radius 3 is 2.31 bits per heavy atom. The molecule has 5 heteroatoms. The van der Waals surface area contributed by atoms with Gasteiger partial charge in [-0.25, -0.2) is 0 Å². The Balaban J connectivity index is 2.98. The average molecular weight is 224 g/mol. The van der Waals surface area contributed by atoms with Crippen LogP contribution in [0.15, 0.2) is 18.2 Å². The first-order valence-corrected chi connectivity index (χ1v) is 4.66. The summed E-state index contributed by atoms with van der Waals surface area (Å²) in [6.07, 6.45) is -0.224. The summed E-state index contributed by atoms with van der Waals surface area (Å²) in [6, 6.07) is 4.82. The lowest BCUT2D eigenvalue weighted by atomic mass is 9.97. The molecule has 1 rings (SSSR count). The van der Waals surface area contributed by atoms with E-state index in [0.29, 0.717) is 11.1 Å². The summed E-state index contributed by atoms with van der Waals surface area (Å²) in [6.45, 7) is 1.66. The molecule has 0 aliphatic heterocycles. The summed E-state index contributed by atoms with van der Waals surface area (Å²) in [7, 11) is 0. The van der Waals surface area contributed by atoms with Gasteiger partial charge in [0.15, 0.2) is 5.92 Å². The molecule has 0 atom stereocenters. The quantitative estimate of drug-likeness (QED) is 0.664. The largest absolute Gasteiger partial charge is 0.507 e. The van der Waals surface area contributed by atoms with Gasteiger partial charge in [0.05, 0.1) is 0 Å². The van der Waals surface area contributed by atoms with Crippen molar-refractivity contribution in [1.29, 1.82) is 0 Å². The van der Waals surface area contributed by atoms with Crippen LogP contribution >= 0.6 is 0 Å². The monoisotopic (exact) mass is 224 g/mol. The van der Waals surface area contributed by atoms with Gasteiger partial charge in [-0.05, 0) is 24.5 Å². The van der Waals surface area contributed by atoms with Gasteiger partial charge < -0.3 is 15.3 Å². The molecule has 5 nitrogen and oxygen atoms in total. The molecule has 0 amide bonds.